The summed E-state index contributed by atoms with van der Waals surface area (Å²) in [5.41, 5.74) is 3.06. The molecule has 3 aromatic rings. The molecule has 7 nitrogen and oxygen atoms in total. The number of methoxy groups -OCH3 is 3. The number of aliphatic imine (C=N–C) groups is 1. The smallest absolute Gasteiger partial charge is 0.203 e. The van der Waals surface area contributed by atoms with Gasteiger partial charge in [0.15, 0.2) is 17.5 Å². The van der Waals surface area contributed by atoms with E-state index in [1.54, 1.807) is 21.3 Å². The van der Waals surface area contributed by atoms with Gasteiger partial charge in [0.05, 0.1) is 33.4 Å². The predicted molar refractivity (Wildman–Crippen MR) is 135 cm³/mol. The topological polar surface area (TPSA) is 77.0 Å². The van der Waals surface area contributed by atoms with Gasteiger partial charge in [-0.1, -0.05) is 24.3 Å². The molecule has 0 aliphatic carbocycles. The lowest BCUT2D eigenvalue weighted by molar-refractivity contribution is 0.324. The van der Waals surface area contributed by atoms with Crippen molar-refractivity contribution >= 4 is 40.8 Å². The molecular formula is C23H29IN4O3. The molecule has 0 amide bonds. The maximum Gasteiger partial charge on any atom is 0.203 e. The Bertz CT molecular complexity index is 996. The Balaban J connectivity index is 0.00000341. The van der Waals surface area contributed by atoms with Gasteiger partial charge < -0.3 is 24.8 Å². The van der Waals surface area contributed by atoms with Gasteiger partial charge in [0.25, 0.3) is 0 Å². The number of halogens is 1. The number of hydrogen-bond donors (Lipinski definition) is 2. The fourth-order valence-corrected chi connectivity index (χ4v) is 3.23. The summed E-state index contributed by atoms with van der Waals surface area (Å²) >= 11 is 0. The third kappa shape index (κ3) is 6.13. The maximum atomic E-state index is 5.43. The molecule has 0 spiro atoms. The molecule has 0 radical (unpaired) electrons. The molecule has 0 fully saturated rings. The van der Waals surface area contributed by atoms with E-state index in [4.69, 9.17) is 19.2 Å². The number of hydrogen-bond acceptors (Lipinski definition) is 5. The molecule has 0 atom stereocenters. The molecule has 0 saturated carbocycles. The number of ether oxygens (including phenoxy) is 3. The van der Waals surface area contributed by atoms with Crippen LogP contribution in [-0.2, 0) is 13.1 Å². The second-order valence-electron chi connectivity index (χ2n) is 6.57. The van der Waals surface area contributed by atoms with E-state index in [-0.39, 0.29) is 24.0 Å². The van der Waals surface area contributed by atoms with Gasteiger partial charge in [-0.3, -0.25) is 4.98 Å². The third-order valence-electron chi connectivity index (χ3n) is 4.65. The molecule has 31 heavy (non-hydrogen) atoms. The van der Waals surface area contributed by atoms with Gasteiger partial charge in [-0.2, -0.15) is 0 Å². The van der Waals surface area contributed by atoms with Crippen molar-refractivity contribution < 1.29 is 14.2 Å². The van der Waals surface area contributed by atoms with E-state index in [2.05, 4.69) is 33.8 Å². The van der Waals surface area contributed by atoms with E-state index >= 15 is 0 Å². The standard InChI is InChI=1S/C23H28N4O3.HI/c1-5-24-23(27-15-18-9-6-8-17-10-7-11-25-21(17)18)26-14-16-12-19(28-2)22(30-4)20(13-16)29-3;/h6-13H,5,14-15H2,1-4H3,(H2,24,26,27);1H. The van der Waals surface area contributed by atoms with E-state index in [1.807, 2.05) is 37.4 Å². The van der Waals surface area contributed by atoms with Crippen LogP contribution in [0.1, 0.15) is 18.1 Å². The minimum atomic E-state index is 0. The SMILES string of the molecule is CCNC(=NCc1cc(OC)c(OC)c(OC)c1)NCc1cccc2cccnc12.I. The second-order valence-corrected chi connectivity index (χ2v) is 6.57. The summed E-state index contributed by atoms with van der Waals surface area (Å²) in [6.45, 7) is 3.88. The van der Waals surface area contributed by atoms with E-state index in [9.17, 15) is 0 Å². The highest BCUT2D eigenvalue weighted by molar-refractivity contribution is 14.0. The zero-order valence-electron chi connectivity index (χ0n) is 18.3. The highest BCUT2D eigenvalue weighted by Gasteiger charge is 2.13. The number of para-hydroxylation sites is 1. The molecule has 0 aliphatic heterocycles. The Hall–Kier alpha value is -2.75. The Labute approximate surface area is 200 Å². The minimum Gasteiger partial charge on any atom is -0.493 e. The fourth-order valence-electron chi connectivity index (χ4n) is 3.23. The van der Waals surface area contributed by atoms with Gasteiger partial charge in [0.1, 0.15) is 0 Å². The molecule has 0 aliphatic rings. The van der Waals surface area contributed by atoms with E-state index < -0.39 is 0 Å². The average molecular weight is 536 g/mol. The average Bonchev–Trinajstić information content (AvgIpc) is 2.79. The van der Waals surface area contributed by atoms with Gasteiger partial charge in [0, 0.05) is 24.7 Å². The largest absolute Gasteiger partial charge is 0.493 e. The van der Waals surface area contributed by atoms with Crippen LogP contribution in [-0.4, -0.2) is 38.8 Å². The second kappa shape index (κ2) is 12.2. The van der Waals surface area contributed by atoms with Crippen LogP contribution in [0, 0.1) is 0 Å². The van der Waals surface area contributed by atoms with Gasteiger partial charge in [-0.15, -0.1) is 24.0 Å². The van der Waals surface area contributed by atoms with Crippen LogP contribution >= 0.6 is 24.0 Å². The van der Waals surface area contributed by atoms with E-state index in [1.165, 1.54) is 0 Å². The number of benzene rings is 2. The van der Waals surface area contributed by atoms with Crippen molar-refractivity contribution in [3.8, 4) is 17.2 Å². The van der Waals surface area contributed by atoms with Crippen LogP contribution < -0.4 is 24.8 Å². The number of nitrogens with zero attached hydrogens (tertiary/aromatic N) is 2. The number of pyridine rings is 1. The molecule has 0 bridgehead atoms. The Kier molecular flexibility index (Phi) is 9.64. The fraction of sp³-hybridized carbons (Fsp3) is 0.304. The first-order valence-corrected chi connectivity index (χ1v) is 9.83. The van der Waals surface area contributed by atoms with Gasteiger partial charge >= 0.3 is 0 Å². The maximum absolute atomic E-state index is 5.43. The molecule has 8 heteroatoms. The van der Waals surface area contributed by atoms with Crippen molar-refractivity contribution in [2.45, 2.75) is 20.0 Å². The highest BCUT2D eigenvalue weighted by Crippen LogP contribution is 2.38. The molecular weight excluding hydrogens is 507 g/mol. The summed E-state index contributed by atoms with van der Waals surface area (Å²) in [5, 5.41) is 7.79. The number of guanidine groups is 1. The first-order valence-electron chi connectivity index (χ1n) is 9.83. The summed E-state index contributed by atoms with van der Waals surface area (Å²) in [7, 11) is 4.80. The highest BCUT2D eigenvalue weighted by atomic mass is 127. The van der Waals surface area contributed by atoms with Crippen LogP contribution in [0.5, 0.6) is 17.2 Å². The van der Waals surface area contributed by atoms with Crippen molar-refractivity contribution in [2.75, 3.05) is 27.9 Å². The van der Waals surface area contributed by atoms with Crippen LogP contribution in [0.15, 0.2) is 53.7 Å². The number of fused-ring (bicyclic) bond motifs is 1. The molecule has 3 rings (SSSR count). The quantitative estimate of drug-likeness (QED) is 0.256. The lowest BCUT2D eigenvalue weighted by atomic mass is 10.1. The third-order valence-corrected chi connectivity index (χ3v) is 4.65. The van der Waals surface area contributed by atoms with Crippen molar-refractivity contribution in [1.82, 2.24) is 15.6 Å². The van der Waals surface area contributed by atoms with Crippen molar-refractivity contribution in [3.63, 3.8) is 0 Å². The lowest BCUT2D eigenvalue weighted by Gasteiger charge is -2.15. The summed E-state index contributed by atoms with van der Waals surface area (Å²) in [4.78, 5) is 9.22. The zero-order chi connectivity index (χ0) is 21.3. The monoisotopic (exact) mass is 536 g/mol. The lowest BCUT2D eigenvalue weighted by Crippen LogP contribution is -2.36. The van der Waals surface area contributed by atoms with Crippen LogP contribution in [0.3, 0.4) is 0 Å². The summed E-state index contributed by atoms with van der Waals surface area (Å²) < 4.78 is 16.2. The van der Waals surface area contributed by atoms with Crippen LogP contribution in [0.25, 0.3) is 10.9 Å². The van der Waals surface area contributed by atoms with Crippen molar-refractivity contribution in [2.24, 2.45) is 4.99 Å². The number of nitrogens with one attached hydrogen (secondary N) is 2. The zero-order valence-corrected chi connectivity index (χ0v) is 20.6. The molecule has 2 aromatic carbocycles. The van der Waals surface area contributed by atoms with Crippen LogP contribution in [0.2, 0.25) is 0 Å². The molecule has 166 valence electrons. The van der Waals surface area contributed by atoms with E-state index in [0.29, 0.717) is 30.3 Å². The van der Waals surface area contributed by atoms with Gasteiger partial charge in [0.2, 0.25) is 5.75 Å². The summed E-state index contributed by atoms with van der Waals surface area (Å²) in [5.74, 6) is 2.52. The van der Waals surface area contributed by atoms with E-state index in [0.717, 1.165) is 34.5 Å². The Morgan fingerprint density at radius 2 is 1.68 bits per heavy atom. The van der Waals surface area contributed by atoms with Crippen molar-refractivity contribution in [1.29, 1.82) is 0 Å². The Morgan fingerprint density at radius 3 is 2.32 bits per heavy atom. The molecule has 0 unspecified atom stereocenters. The Morgan fingerprint density at radius 1 is 0.968 bits per heavy atom. The van der Waals surface area contributed by atoms with Crippen molar-refractivity contribution in [3.05, 3.63) is 59.8 Å². The first-order chi connectivity index (χ1) is 14.7. The first kappa shape index (κ1) is 24.5. The normalized spacial score (nSPS) is 10.9. The molecule has 0 saturated heterocycles. The number of aromatic nitrogens is 1. The predicted octanol–water partition coefficient (Wildman–Crippen LogP) is 4.13. The summed E-state index contributed by atoms with van der Waals surface area (Å²) in [6, 6.07) is 14.0. The van der Waals surface area contributed by atoms with Gasteiger partial charge in [-0.05, 0) is 36.2 Å². The minimum absolute atomic E-state index is 0. The molecule has 2 N–H and O–H groups in total. The van der Waals surface area contributed by atoms with Gasteiger partial charge in [-0.25, -0.2) is 4.99 Å². The summed E-state index contributed by atoms with van der Waals surface area (Å²) in [6.07, 6.45) is 1.82. The molecule has 1 aromatic heterocycles. The molecule has 1 heterocycles. The number of rotatable bonds is 8. The van der Waals surface area contributed by atoms with Crippen LogP contribution in [0.4, 0.5) is 0 Å².